The van der Waals surface area contributed by atoms with E-state index in [1.807, 2.05) is 0 Å². The Labute approximate surface area is 91.8 Å². The molecule has 9 heteroatoms. The van der Waals surface area contributed by atoms with Crippen molar-refractivity contribution in [3.8, 4) is 5.75 Å². The van der Waals surface area contributed by atoms with Gasteiger partial charge in [0.15, 0.2) is 5.75 Å². The molecule has 5 nitrogen and oxygen atoms in total. The molecule has 0 atom stereocenters. The van der Waals surface area contributed by atoms with E-state index >= 15 is 0 Å². The van der Waals surface area contributed by atoms with Gasteiger partial charge in [-0.1, -0.05) is 0 Å². The molecule has 0 aliphatic carbocycles. The number of carbonyl (C=O) groups is 1. The standard InChI is InChI=1S/C8H6F4N2O3/c9-6-3(1-13)5(7(15)16)4(2-14-6)17-8(10,11)12/h2H,1,13H2,(H,15,16). The number of nitrogens with zero attached hydrogens (tertiary/aromatic N) is 1. The van der Waals surface area contributed by atoms with Crippen molar-refractivity contribution in [2.24, 2.45) is 5.73 Å². The van der Waals surface area contributed by atoms with Gasteiger partial charge >= 0.3 is 12.3 Å². The number of hydrogen-bond acceptors (Lipinski definition) is 4. The van der Waals surface area contributed by atoms with E-state index in [0.717, 1.165) is 0 Å². The fourth-order valence-electron chi connectivity index (χ4n) is 1.13. The van der Waals surface area contributed by atoms with Gasteiger partial charge in [0, 0.05) is 12.1 Å². The third-order valence-electron chi connectivity index (χ3n) is 1.74. The lowest BCUT2D eigenvalue weighted by Crippen LogP contribution is -2.21. The second kappa shape index (κ2) is 4.53. The fraction of sp³-hybridized carbons (Fsp3) is 0.250. The summed E-state index contributed by atoms with van der Waals surface area (Å²) in [5.74, 6) is -4.14. The van der Waals surface area contributed by atoms with Crippen LogP contribution in [0.3, 0.4) is 0 Å². The molecule has 0 amide bonds. The summed E-state index contributed by atoms with van der Waals surface area (Å²) in [4.78, 5) is 13.7. The molecule has 0 spiro atoms. The van der Waals surface area contributed by atoms with E-state index in [1.165, 1.54) is 0 Å². The maximum atomic E-state index is 13.0. The molecule has 1 heterocycles. The van der Waals surface area contributed by atoms with Crippen LogP contribution in [0.2, 0.25) is 0 Å². The summed E-state index contributed by atoms with van der Waals surface area (Å²) in [5, 5.41) is 8.70. The average molecular weight is 254 g/mol. The third-order valence-corrected chi connectivity index (χ3v) is 1.74. The summed E-state index contributed by atoms with van der Waals surface area (Å²) in [6, 6.07) is 0. The van der Waals surface area contributed by atoms with Crippen LogP contribution in [-0.2, 0) is 6.54 Å². The van der Waals surface area contributed by atoms with Gasteiger partial charge in [-0.3, -0.25) is 0 Å². The van der Waals surface area contributed by atoms with E-state index < -0.39 is 41.7 Å². The summed E-state index contributed by atoms with van der Waals surface area (Å²) in [7, 11) is 0. The van der Waals surface area contributed by atoms with Crippen molar-refractivity contribution in [2.75, 3.05) is 0 Å². The SMILES string of the molecule is NCc1c(F)ncc(OC(F)(F)F)c1C(=O)O. The molecule has 0 radical (unpaired) electrons. The zero-order valence-electron chi connectivity index (χ0n) is 8.08. The molecule has 0 saturated heterocycles. The number of halogens is 4. The van der Waals surface area contributed by atoms with E-state index in [2.05, 4.69) is 9.72 Å². The predicted molar refractivity (Wildman–Crippen MR) is 45.7 cm³/mol. The summed E-state index contributed by atoms with van der Waals surface area (Å²) < 4.78 is 52.3. The summed E-state index contributed by atoms with van der Waals surface area (Å²) in [5.41, 5.74) is 3.40. The molecule has 0 unspecified atom stereocenters. The highest BCUT2D eigenvalue weighted by molar-refractivity contribution is 5.92. The second-order valence-electron chi connectivity index (χ2n) is 2.82. The molecule has 1 aromatic rings. The Balaban J connectivity index is 3.36. The van der Waals surface area contributed by atoms with Crippen LogP contribution in [0.25, 0.3) is 0 Å². The topological polar surface area (TPSA) is 85.4 Å². The molecule has 1 rings (SSSR count). The highest BCUT2D eigenvalue weighted by Gasteiger charge is 2.34. The minimum absolute atomic E-state index is 0.339. The molecule has 0 fully saturated rings. The number of aromatic carboxylic acids is 1. The molecule has 0 aliphatic heterocycles. The third kappa shape index (κ3) is 3.03. The van der Waals surface area contributed by atoms with Gasteiger partial charge in [-0.15, -0.1) is 13.2 Å². The van der Waals surface area contributed by atoms with Crippen molar-refractivity contribution in [3.05, 3.63) is 23.3 Å². The number of carboxylic acid groups (broad SMARTS) is 1. The van der Waals surface area contributed by atoms with Crippen molar-refractivity contribution in [1.82, 2.24) is 4.98 Å². The molecule has 94 valence electrons. The molecular weight excluding hydrogens is 248 g/mol. The van der Waals surface area contributed by atoms with Gasteiger partial charge in [0.1, 0.15) is 5.56 Å². The Morgan fingerprint density at radius 3 is 2.53 bits per heavy atom. The van der Waals surface area contributed by atoms with Crippen molar-refractivity contribution >= 4 is 5.97 Å². The Bertz CT molecular complexity index is 447. The first-order valence-corrected chi connectivity index (χ1v) is 4.12. The van der Waals surface area contributed by atoms with Gasteiger partial charge in [-0.2, -0.15) is 4.39 Å². The zero-order chi connectivity index (χ0) is 13.2. The number of aromatic nitrogens is 1. The molecule has 0 aliphatic rings. The Morgan fingerprint density at radius 1 is 1.53 bits per heavy atom. The van der Waals surface area contributed by atoms with E-state index in [-0.39, 0.29) is 0 Å². The highest BCUT2D eigenvalue weighted by atomic mass is 19.4. The maximum Gasteiger partial charge on any atom is 0.573 e. The lowest BCUT2D eigenvalue weighted by Gasteiger charge is -2.13. The van der Waals surface area contributed by atoms with Gasteiger partial charge in [0.2, 0.25) is 5.95 Å². The maximum absolute atomic E-state index is 13.0. The highest BCUT2D eigenvalue weighted by Crippen LogP contribution is 2.28. The lowest BCUT2D eigenvalue weighted by atomic mass is 10.1. The number of ether oxygens (including phenoxy) is 1. The Hall–Kier alpha value is -1.90. The van der Waals surface area contributed by atoms with E-state index in [9.17, 15) is 22.4 Å². The minimum atomic E-state index is -5.10. The smallest absolute Gasteiger partial charge is 0.478 e. The van der Waals surface area contributed by atoms with Crippen LogP contribution >= 0.6 is 0 Å². The normalized spacial score (nSPS) is 11.4. The number of hydrogen-bond donors (Lipinski definition) is 2. The van der Waals surface area contributed by atoms with Gasteiger partial charge in [-0.05, 0) is 0 Å². The van der Waals surface area contributed by atoms with Crippen LogP contribution in [0.1, 0.15) is 15.9 Å². The molecule has 0 saturated carbocycles. The van der Waals surface area contributed by atoms with Crippen molar-refractivity contribution < 1.29 is 32.2 Å². The van der Waals surface area contributed by atoms with Crippen LogP contribution in [0, 0.1) is 5.95 Å². The van der Waals surface area contributed by atoms with Crippen LogP contribution in [-0.4, -0.2) is 22.4 Å². The fourth-order valence-corrected chi connectivity index (χ4v) is 1.13. The number of rotatable bonds is 3. The van der Waals surface area contributed by atoms with Gasteiger partial charge < -0.3 is 15.6 Å². The van der Waals surface area contributed by atoms with Crippen molar-refractivity contribution in [3.63, 3.8) is 0 Å². The van der Waals surface area contributed by atoms with Crippen LogP contribution in [0.15, 0.2) is 6.20 Å². The largest absolute Gasteiger partial charge is 0.573 e. The van der Waals surface area contributed by atoms with Crippen LogP contribution < -0.4 is 10.5 Å². The molecule has 3 N–H and O–H groups in total. The number of pyridine rings is 1. The lowest BCUT2D eigenvalue weighted by molar-refractivity contribution is -0.274. The van der Waals surface area contributed by atoms with E-state index in [0.29, 0.717) is 6.20 Å². The minimum Gasteiger partial charge on any atom is -0.478 e. The van der Waals surface area contributed by atoms with Crippen molar-refractivity contribution in [2.45, 2.75) is 12.9 Å². The molecule has 1 aromatic heterocycles. The molecular formula is C8H6F4N2O3. The van der Waals surface area contributed by atoms with Gasteiger partial charge in [0.05, 0.1) is 6.20 Å². The van der Waals surface area contributed by atoms with E-state index in [4.69, 9.17) is 10.8 Å². The van der Waals surface area contributed by atoms with E-state index in [1.54, 1.807) is 0 Å². The average Bonchev–Trinajstić information content (AvgIpc) is 2.17. The van der Waals surface area contributed by atoms with Crippen LogP contribution in [0.5, 0.6) is 5.75 Å². The molecule has 0 aromatic carbocycles. The predicted octanol–water partition coefficient (Wildman–Crippen LogP) is 1.28. The monoisotopic (exact) mass is 254 g/mol. The molecule has 0 bridgehead atoms. The summed E-state index contributed by atoms with van der Waals surface area (Å²) in [6.45, 7) is -0.616. The number of nitrogens with two attached hydrogens (primary N) is 1. The first-order valence-electron chi connectivity index (χ1n) is 4.12. The quantitative estimate of drug-likeness (QED) is 0.626. The van der Waals surface area contributed by atoms with Crippen molar-refractivity contribution in [1.29, 1.82) is 0 Å². The summed E-state index contributed by atoms with van der Waals surface area (Å²) >= 11 is 0. The zero-order valence-corrected chi connectivity index (χ0v) is 8.08. The first-order chi connectivity index (χ1) is 7.76. The Morgan fingerprint density at radius 2 is 2.12 bits per heavy atom. The Kier molecular flexibility index (Phi) is 3.51. The number of alkyl halides is 3. The van der Waals surface area contributed by atoms with Gasteiger partial charge in [0.25, 0.3) is 0 Å². The van der Waals surface area contributed by atoms with Crippen LogP contribution in [0.4, 0.5) is 17.6 Å². The summed E-state index contributed by atoms with van der Waals surface area (Å²) in [6.07, 6.45) is -4.76. The number of carboxylic acids is 1. The van der Waals surface area contributed by atoms with Gasteiger partial charge in [-0.25, -0.2) is 9.78 Å². The second-order valence-corrected chi connectivity index (χ2v) is 2.82. The first kappa shape index (κ1) is 13.2. The molecule has 17 heavy (non-hydrogen) atoms.